The van der Waals surface area contributed by atoms with Gasteiger partial charge in [0.25, 0.3) is 5.91 Å². The topological polar surface area (TPSA) is 101 Å². The Balaban J connectivity index is 2.07. The standard InChI is InChI=1S/C13H20N2O5/c1-19-9-11(16)2-5-14-12(17)3-6-15-13(18)10-4-7-20-8-10/h4,7-8,11,16H,2-3,5-6,9H2,1H3,(H,14,17)(H,15,18). The zero-order chi connectivity index (χ0) is 14.8. The highest BCUT2D eigenvalue weighted by molar-refractivity contribution is 5.93. The average Bonchev–Trinajstić information content (AvgIpc) is 2.93. The number of carbonyl (C=O) groups excluding carboxylic acids is 2. The van der Waals surface area contributed by atoms with E-state index in [-0.39, 0.29) is 31.4 Å². The molecule has 1 rings (SSSR count). The maximum atomic E-state index is 11.5. The van der Waals surface area contributed by atoms with Crippen molar-refractivity contribution < 1.29 is 23.8 Å². The molecular formula is C13H20N2O5. The molecule has 1 heterocycles. The van der Waals surface area contributed by atoms with Crippen molar-refractivity contribution in [2.24, 2.45) is 0 Å². The fourth-order valence-electron chi connectivity index (χ4n) is 1.53. The zero-order valence-electron chi connectivity index (χ0n) is 11.4. The van der Waals surface area contributed by atoms with E-state index in [4.69, 9.17) is 9.15 Å². The summed E-state index contributed by atoms with van der Waals surface area (Å²) in [5.41, 5.74) is 0.424. The first-order valence-corrected chi connectivity index (χ1v) is 6.37. The molecule has 7 heteroatoms. The molecule has 0 aliphatic carbocycles. The van der Waals surface area contributed by atoms with Crippen LogP contribution in [-0.2, 0) is 9.53 Å². The Morgan fingerprint density at radius 3 is 2.85 bits per heavy atom. The Kier molecular flexibility index (Phi) is 7.38. The summed E-state index contributed by atoms with van der Waals surface area (Å²) in [4.78, 5) is 23.0. The molecule has 3 N–H and O–H groups in total. The van der Waals surface area contributed by atoms with Crippen LogP contribution in [0, 0.1) is 0 Å². The first kappa shape index (κ1) is 16.2. The summed E-state index contributed by atoms with van der Waals surface area (Å²) in [6.07, 6.45) is 2.78. The van der Waals surface area contributed by atoms with Crippen LogP contribution < -0.4 is 10.6 Å². The SMILES string of the molecule is COCC(O)CCNC(=O)CCNC(=O)c1ccoc1. The van der Waals surface area contributed by atoms with Gasteiger partial charge >= 0.3 is 0 Å². The van der Waals surface area contributed by atoms with Crippen LogP contribution in [0.25, 0.3) is 0 Å². The second-order valence-corrected chi connectivity index (χ2v) is 4.27. The van der Waals surface area contributed by atoms with Crippen molar-refractivity contribution in [3.63, 3.8) is 0 Å². The first-order valence-electron chi connectivity index (χ1n) is 6.37. The molecule has 1 unspecified atom stereocenters. The van der Waals surface area contributed by atoms with E-state index in [1.165, 1.54) is 19.6 Å². The molecule has 2 amide bonds. The fraction of sp³-hybridized carbons (Fsp3) is 0.538. The summed E-state index contributed by atoms with van der Waals surface area (Å²) in [6.45, 7) is 0.867. The van der Waals surface area contributed by atoms with Crippen molar-refractivity contribution in [3.8, 4) is 0 Å². The van der Waals surface area contributed by atoms with Gasteiger partial charge in [-0.3, -0.25) is 9.59 Å². The molecule has 0 aromatic carbocycles. The molecule has 0 saturated carbocycles. The Morgan fingerprint density at radius 1 is 1.40 bits per heavy atom. The zero-order valence-corrected chi connectivity index (χ0v) is 11.4. The third kappa shape index (κ3) is 6.35. The van der Waals surface area contributed by atoms with Gasteiger partial charge in [-0.15, -0.1) is 0 Å². The van der Waals surface area contributed by atoms with Crippen molar-refractivity contribution in [3.05, 3.63) is 24.2 Å². The lowest BCUT2D eigenvalue weighted by Gasteiger charge is -2.10. The van der Waals surface area contributed by atoms with Gasteiger partial charge in [0.05, 0.1) is 24.5 Å². The maximum Gasteiger partial charge on any atom is 0.254 e. The van der Waals surface area contributed by atoms with E-state index < -0.39 is 6.10 Å². The third-order valence-corrected chi connectivity index (χ3v) is 2.58. The summed E-state index contributed by atoms with van der Waals surface area (Å²) in [5, 5.41) is 14.6. The van der Waals surface area contributed by atoms with Gasteiger partial charge in [0.1, 0.15) is 6.26 Å². The van der Waals surface area contributed by atoms with Crippen LogP contribution in [0.5, 0.6) is 0 Å². The highest BCUT2D eigenvalue weighted by Crippen LogP contribution is 1.98. The van der Waals surface area contributed by atoms with Crippen molar-refractivity contribution in [2.45, 2.75) is 18.9 Å². The number of hydrogen-bond donors (Lipinski definition) is 3. The Labute approximate surface area is 117 Å². The molecule has 20 heavy (non-hydrogen) atoms. The highest BCUT2D eigenvalue weighted by Gasteiger charge is 2.08. The van der Waals surface area contributed by atoms with Gasteiger partial charge in [-0.1, -0.05) is 0 Å². The smallest absolute Gasteiger partial charge is 0.254 e. The van der Waals surface area contributed by atoms with E-state index >= 15 is 0 Å². The third-order valence-electron chi connectivity index (χ3n) is 2.58. The molecule has 0 saturated heterocycles. The van der Waals surface area contributed by atoms with Crippen LogP contribution in [0.3, 0.4) is 0 Å². The molecule has 7 nitrogen and oxygen atoms in total. The molecular weight excluding hydrogens is 264 g/mol. The minimum Gasteiger partial charge on any atom is -0.472 e. The van der Waals surface area contributed by atoms with Crippen molar-refractivity contribution in [1.82, 2.24) is 10.6 Å². The van der Waals surface area contributed by atoms with E-state index in [1.807, 2.05) is 0 Å². The minimum atomic E-state index is -0.582. The number of rotatable bonds is 9. The van der Waals surface area contributed by atoms with Crippen LogP contribution in [-0.4, -0.2) is 49.8 Å². The number of aliphatic hydroxyl groups is 1. The quantitative estimate of drug-likeness (QED) is 0.588. The molecule has 1 aromatic heterocycles. The lowest BCUT2D eigenvalue weighted by Crippen LogP contribution is -2.32. The number of amides is 2. The lowest BCUT2D eigenvalue weighted by atomic mass is 10.2. The Hall–Kier alpha value is -1.86. The van der Waals surface area contributed by atoms with Gasteiger partial charge in [-0.2, -0.15) is 0 Å². The summed E-state index contributed by atoms with van der Waals surface area (Å²) >= 11 is 0. The van der Waals surface area contributed by atoms with Crippen LogP contribution in [0.4, 0.5) is 0 Å². The Morgan fingerprint density at radius 2 is 2.20 bits per heavy atom. The van der Waals surface area contributed by atoms with E-state index in [9.17, 15) is 14.7 Å². The summed E-state index contributed by atoms with van der Waals surface area (Å²) in [5.74, 6) is -0.454. The van der Waals surface area contributed by atoms with E-state index in [1.54, 1.807) is 6.07 Å². The first-order chi connectivity index (χ1) is 9.63. The highest BCUT2D eigenvalue weighted by atomic mass is 16.5. The minimum absolute atomic E-state index is 0.179. The lowest BCUT2D eigenvalue weighted by molar-refractivity contribution is -0.121. The van der Waals surface area contributed by atoms with Gasteiger partial charge in [0, 0.05) is 26.6 Å². The molecule has 0 spiro atoms. The largest absolute Gasteiger partial charge is 0.472 e. The van der Waals surface area contributed by atoms with Crippen LogP contribution in [0.15, 0.2) is 23.0 Å². The number of nitrogens with one attached hydrogen (secondary N) is 2. The molecule has 0 aliphatic heterocycles. The normalized spacial score (nSPS) is 11.9. The predicted molar refractivity (Wildman–Crippen MR) is 71.2 cm³/mol. The number of aliphatic hydroxyl groups excluding tert-OH is 1. The molecule has 0 radical (unpaired) electrons. The van der Waals surface area contributed by atoms with Gasteiger partial charge in [0.15, 0.2) is 0 Å². The second-order valence-electron chi connectivity index (χ2n) is 4.27. The average molecular weight is 284 g/mol. The van der Waals surface area contributed by atoms with Crippen LogP contribution in [0.2, 0.25) is 0 Å². The second kappa shape index (κ2) is 9.11. The number of hydrogen-bond acceptors (Lipinski definition) is 5. The maximum absolute atomic E-state index is 11.5. The summed E-state index contributed by atoms with van der Waals surface area (Å²) in [6, 6.07) is 1.55. The molecule has 1 atom stereocenters. The van der Waals surface area contributed by atoms with E-state index in [0.29, 0.717) is 18.5 Å². The Bertz CT molecular complexity index is 405. The number of carbonyl (C=O) groups is 2. The number of furan rings is 1. The van der Waals surface area contributed by atoms with Gasteiger partial charge in [-0.05, 0) is 12.5 Å². The molecule has 0 aliphatic rings. The summed E-state index contributed by atoms with van der Waals surface area (Å²) in [7, 11) is 1.50. The molecule has 0 fully saturated rings. The summed E-state index contributed by atoms with van der Waals surface area (Å²) < 4.78 is 9.55. The molecule has 0 bridgehead atoms. The van der Waals surface area contributed by atoms with Crippen molar-refractivity contribution in [1.29, 1.82) is 0 Å². The van der Waals surface area contributed by atoms with Gasteiger partial charge < -0.3 is 24.9 Å². The van der Waals surface area contributed by atoms with Crippen LogP contribution in [0.1, 0.15) is 23.2 Å². The number of ether oxygens (including phenoxy) is 1. The van der Waals surface area contributed by atoms with Gasteiger partial charge in [0.2, 0.25) is 5.91 Å². The van der Waals surface area contributed by atoms with E-state index in [2.05, 4.69) is 10.6 Å². The number of methoxy groups -OCH3 is 1. The molecule has 112 valence electrons. The molecule has 1 aromatic rings. The fourth-order valence-corrected chi connectivity index (χ4v) is 1.53. The van der Waals surface area contributed by atoms with E-state index in [0.717, 1.165) is 0 Å². The predicted octanol–water partition coefficient (Wildman–Crippen LogP) is -0.0869. The van der Waals surface area contributed by atoms with Crippen LogP contribution >= 0.6 is 0 Å². The van der Waals surface area contributed by atoms with Gasteiger partial charge in [-0.25, -0.2) is 0 Å². The van der Waals surface area contributed by atoms with Crippen molar-refractivity contribution >= 4 is 11.8 Å². The van der Waals surface area contributed by atoms with Crippen molar-refractivity contribution in [2.75, 3.05) is 26.8 Å². The monoisotopic (exact) mass is 284 g/mol.